The minimum Gasteiger partial charge on any atom is -0.346 e. The number of halogens is 3. The zero-order valence-electron chi connectivity index (χ0n) is 15.1. The van der Waals surface area contributed by atoms with E-state index in [0.29, 0.717) is 0 Å². The number of allylic oxidation sites excluding steroid dienone is 2. The molecule has 1 heterocycles. The van der Waals surface area contributed by atoms with E-state index in [0.717, 1.165) is 5.56 Å². The molecule has 0 bridgehead atoms. The standard InChI is InChI=1S/C22H17F3N2O/c1-16-10-12-18(13-11-16)26-21(22(23,24)25)19(27-14-6-3-7-15-27)20(28)17-8-4-2-5-9-17/h2-15H,1H3/p+1. The van der Waals surface area contributed by atoms with Crippen LogP contribution in [0, 0.1) is 6.92 Å². The van der Waals surface area contributed by atoms with Gasteiger partial charge in [-0.25, -0.2) is 0 Å². The molecule has 1 aromatic heterocycles. The van der Waals surface area contributed by atoms with Crippen molar-refractivity contribution in [3.05, 3.63) is 102 Å². The first-order valence-electron chi connectivity index (χ1n) is 8.58. The van der Waals surface area contributed by atoms with Crippen LogP contribution in [0.5, 0.6) is 0 Å². The summed E-state index contributed by atoms with van der Waals surface area (Å²) >= 11 is 0. The summed E-state index contributed by atoms with van der Waals surface area (Å²) in [4.78, 5) is 13.1. The van der Waals surface area contributed by atoms with Crippen molar-refractivity contribution >= 4 is 17.2 Å². The van der Waals surface area contributed by atoms with Crippen LogP contribution in [0.15, 0.2) is 90.9 Å². The molecule has 1 N–H and O–H groups in total. The molecule has 0 aliphatic carbocycles. The summed E-state index contributed by atoms with van der Waals surface area (Å²) in [5.41, 5.74) is -0.295. The van der Waals surface area contributed by atoms with Gasteiger partial charge in [0.25, 0.3) is 11.5 Å². The largest absolute Gasteiger partial charge is 0.438 e. The number of carbonyl (C=O) groups excluding carboxylic acids is 1. The number of nitrogens with one attached hydrogen (secondary N) is 1. The van der Waals surface area contributed by atoms with Crippen molar-refractivity contribution in [1.29, 1.82) is 0 Å². The topological polar surface area (TPSA) is 33.0 Å². The fraction of sp³-hybridized carbons (Fsp3) is 0.0909. The van der Waals surface area contributed by atoms with Crippen molar-refractivity contribution in [3.63, 3.8) is 0 Å². The smallest absolute Gasteiger partial charge is 0.346 e. The first-order valence-corrected chi connectivity index (χ1v) is 8.58. The van der Waals surface area contributed by atoms with Crippen molar-refractivity contribution in [2.45, 2.75) is 13.1 Å². The number of carbonyl (C=O) groups is 1. The molecule has 6 heteroatoms. The van der Waals surface area contributed by atoms with E-state index in [1.807, 2.05) is 6.92 Å². The number of benzene rings is 2. The van der Waals surface area contributed by atoms with Crippen LogP contribution in [0.2, 0.25) is 0 Å². The van der Waals surface area contributed by atoms with Gasteiger partial charge in [0, 0.05) is 23.4 Å². The maximum Gasteiger partial charge on any atom is 0.438 e. The van der Waals surface area contributed by atoms with Gasteiger partial charge in [0.15, 0.2) is 18.1 Å². The normalized spacial score (nSPS) is 12.3. The lowest BCUT2D eigenvalue weighted by molar-refractivity contribution is -0.578. The predicted octanol–water partition coefficient (Wildman–Crippen LogP) is 5.01. The van der Waals surface area contributed by atoms with Gasteiger partial charge in [0.2, 0.25) is 0 Å². The molecule has 3 nitrogen and oxygen atoms in total. The number of ketones is 1. The molecule has 0 amide bonds. The summed E-state index contributed by atoms with van der Waals surface area (Å²) in [5.74, 6) is -0.733. The number of rotatable bonds is 5. The molecule has 0 radical (unpaired) electrons. The molecule has 0 spiro atoms. The summed E-state index contributed by atoms with van der Waals surface area (Å²) < 4.78 is 43.2. The minimum atomic E-state index is -4.77. The molecule has 28 heavy (non-hydrogen) atoms. The Bertz CT molecular complexity index is 980. The van der Waals surface area contributed by atoms with Crippen molar-refractivity contribution in [1.82, 2.24) is 0 Å². The lowest BCUT2D eigenvalue weighted by atomic mass is 10.1. The molecule has 0 aliphatic heterocycles. The Morgan fingerprint density at radius 2 is 1.43 bits per heavy atom. The second-order valence-electron chi connectivity index (χ2n) is 6.19. The van der Waals surface area contributed by atoms with Crippen molar-refractivity contribution in [2.24, 2.45) is 0 Å². The third-order valence-electron chi connectivity index (χ3n) is 4.07. The van der Waals surface area contributed by atoms with Crippen molar-refractivity contribution in [2.75, 3.05) is 5.32 Å². The molecule has 0 aliphatic rings. The van der Waals surface area contributed by atoms with Gasteiger partial charge in [0.05, 0.1) is 0 Å². The Morgan fingerprint density at radius 3 is 2.00 bits per heavy atom. The summed E-state index contributed by atoms with van der Waals surface area (Å²) in [5, 5.41) is 2.41. The fourth-order valence-electron chi connectivity index (χ4n) is 2.68. The van der Waals surface area contributed by atoms with Crippen LogP contribution in [-0.4, -0.2) is 12.0 Å². The van der Waals surface area contributed by atoms with E-state index in [-0.39, 0.29) is 11.3 Å². The van der Waals surface area contributed by atoms with Gasteiger partial charge in [-0.2, -0.15) is 17.7 Å². The first-order chi connectivity index (χ1) is 13.4. The Labute approximate surface area is 160 Å². The number of hydrogen-bond acceptors (Lipinski definition) is 2. The summed E-state index contributed by atoms with van der Waals surface area (Å²) in [6.07, 6.45) is -1.94. The average molecular weight is 383 g/mol. The summed E-state index contributed by atoms with van der Waals surface area (Å²) in [6.45, 7) is 1.84. The number of Topliss-reactive ketones (excluding diaryl/α,β-unsaturated/α-hetero) is 1. The molecular weight excluding hydrogens is 365 g/mol. The zero-order chi connectivity index (χ0) is 20.1. The van der Waals surface area contributed by atoms with E-state index in [1.54, 1.807) is 60.7 Å². The SMILES string of the molecule is Cc1ccc(NC(=C(C(=O)c2ccccc2)[n+]2ccccc2)C(F)(F)F)cc1. The van der Waals surface area contributed by atoms with Crippen LogP contribution in [-0.2, 0) is 0 Å². The van der Waals surface area contributed by atoms with Gasteiger partial charge >= 0.3 is 6.18 Å². The van der Waals surface area contributed by atoms with Crippen LogP contribution < -0.4 is 9.88 Å². The second kappa shape index (κ2) is 8.08. The number of nitrogens with zero attached hydrogens (tertiary/aromatic N) is 1. The number of aromatic nitrogens is 1. The highest BCUT2D eigenvalue weighted by molar-refractivity contribution is 6.22. The number of anilines is 1. The van der Waals surface area contributed by atoms with Crippen LogP contribution in [0.25, 0.3) is 5.70 Å². The van der Waals surface area contributed by atoms with Crippen LogP contribution in [0.4, 0.5) is 18.9 Å². The molecule has 2 aromatic carbocycles. The maximum absolute atomic E-state index is 14.0. The second-order valence-corrected chi connectivity index (χ2v) is 6.19. The lowest BCUT2D eigenvalue weighted by Gasteiger charge is -2.16. The van der Waals surface area contributed by atoms with E-state index in [1.165, 1.54) is 29.1 Å². The van der Waals surface area contributed by atoms with E-state index < -0.39 is 23.4 Å². The highest BCUT2D eigenvalue weighted by Crippen LogP contribution is 2.31. The molecule has 3 rings (SSSR count). The lowest BCUT2D eigenvalue weighted by Crippen LogP contribution is -2.40. The van der Waals surface area contributed by atoms with Crippen LogP contribution >= 0.6 is 0 Å². The third kappa shape index (κ3) is 4.46. The minimum absolute atomic E-state index is 0.168. The maximum atomic E-state index is 14.0. The van der Waals surface area contributed by atoms with Gasteiger partial charge in [0.1, 0.15) is 0 Å². The molecule has 0 saturated carbocycles. The molecule has 0 fully saturated rings. The first kappa shape index (κ1) is 19.4. The number of alkyl halides is 3. The van der Waals surface area contributed by atoms with Gasteiger partial charge in [-0.3, -0.25) is 4.79 Å². The van der Waals surface area contributed by atoms with Gasteiger partial charge in [-0.1, -0.05) is 54.1 Å². The quantitative estimate of drug-likeness (QED) is 0.382. The number of hydrogen-bond donors (Lipinski definition) is 1. The number of pyridine rings is 1. The molecular formula is C22H18F3N2O+. The Morgan fingerprint density at radius 1 is 0.857 bits per heavy atom. The van der Waals surface area contributed by atoms with Gasteiger partial charge < -0.3 is 5.32 Å². The summed E-state index contributed by atoms with van der Waals surface area (Å²) in [7, 11) is 0. The highest BCUT2D eigenvalue weighted by Gasteiger charge is 2.43. The number of aryl methyl sites for hydroxylation is 1. The molecule has 0 atom stereocenters. The van der Waals surface area contributed by atoms with E-state index >= 15 is 0 Å². The Hall–Kier alpha value is -3.41. The monoisotopic (exact) mass is 383 g/mol. The molecule has 0 saturated heterocycles. The highest BCUT2D eigenvalue weighted by atomic mass is 19.4. The summed E-state index contributed by atoms with van der Waals surface area (Å²) in [6, 6.07) is 19.2. The van der Waals surface area contributed by atoms with Crippen LogP contribution in [0.1, 0.15) is 15.9 Å². The predicted molar refractivity (Wildman–Crippen MR) is 101 cm³/mol. The van der Waals surface area contributed by atoms with Crippen LogP contribution in [0.3, 0.4) is 0 Å². The fourth-order valence-corrected chi connectivity index (χ4v) is 2.68. The van der Waals surface area contributed by atoms with Crippen molar-refractivity contribution in [3.8, 4) is 0 Å². The average Bonchev–Trinajstić information content (AvgIpc) is 2.69. The van der Waals surface area contributed by atoms with E-state index in [2.05, 4.69) is 5.32 Å². The Balaban J connectivity index is 2.20. The van der Waals surface area contributed by atoms with E-state index in [4.69, 9.17) is 0 Å². The van der Waals surface area contributed by atoms with E-state index in [9.17, 15) is 18.0 Å². The molecule has 3 aromatic rings. The van der Waals surface area contributed by atoms with Crippen molar-refractivity contribution < 1.29 is 22.5 Å². The molecule has 0 unspecified atom stereocenters. The Kier molecular flexibility index (Phi) is 5.59. The molecule has 142 valence electrons. The van der Waals surface area contributed by atoms with Gasteiger partial charge in [-0.05, 0) is 19.1 Å². The zero-order valence-corrected chi connectivity index (χ0v) is 15.1. The third-order valence-corrected chi connectivity index (χ3v) is 4.07. The van der Waals surface area contributed by atoms with Gasteiger partial charge in [-0.15, -0.1) is 0 Å².